The Morgan fingerprint density at radius 3 is 2.69 bits per heavy atom. The molecule has 0 heterocycles. The highest BCUT2D eigenvalue weighted by molar-refractivity contribution is 5.81. The molecule has 29 heavy (non-hydrogen) atoms. The quantitative estimate of drug-likeness (QED) is 0.420. The Morgan fingerprint density at radius 1 is 1.21 bits per heavy atom. The fourth-order valence-corrected chi connectivity index (χ4v) is 7.89. The van der Waals surface area contributed by atoms with Crippen LogP contribution >= 0.6 is 0 Å². The van der Waals surface area contributed by atoms with Gasteiger partial charge in [-0.15, -0.1) is 0 Å². The molecule has 9 atom stereocenters. The number of ether oxygens (including phenoxy) is 1. The summed E-state index contributed by atoms with van der Waals surface area (Å²) in [5, 5.41) is 21.7. The number of rotatable bonds is 3. The Hall–Kier alpha value is -1.13. The van der Waals surface area contributed by atoms with Crippen molar-refractivity contribution in [3.05, 3.63) is 23.8 Å². The summed E-state index contributed by atoms with van der Waals surface area (Å²) in [6.07, 6.45) is 12.6. The first kappa shape index (κ1) is 21.1. The topological polar surface area (TPSA) is 66.8 Å². The average molecular weight is 403 g/mol. The summed E-state index contributed by atoms with van der Waals surface area (Å²) in [7, 11) is 1.40. The lowest BCUT2D eigenvalue weighted by Crippen LogP contribution is -2.58. The molecular formula is C25H38O4. The molecule has 4 aliphatic carbocycles. The number of hydrogen-bond donors (Lipinski definition) is 2. The first-order valence-corrected chi connectivity index (χ1v) is 11.5. The summed E-state index contributed by atoms with van der Waals surface area (Å²) in [5.41, 5.74) is 1.34. The van der Waals surface area contributed by atoms with Gasteiger partial charge in [0.2, 0.25) is 0 Å². The maximum Gasteiger partial charge on any atom is 0.330 e. The molecule has 0 radical (unpaired) electrons. The van der Waals surface area contributed by atoms with Gasteiger partial charge in [0.25, 0.3) is 0 Å². The number of allylic oxidation sites excluding steroid dienone is 2. The standard InChI is InChI=1S/C25H38O4/c1-15(5-10-23(28)29-4)19-8-9-20-18-7-6-16-13-17(26)11-12-24(16,2)21(18)14-22(27)25(19,20)3/h5,8,10,15-18,20-22,26-27H,6-7,9,11-14H2,1-4H3/b10-5-/t15-,16-,17-,18?,20?,21?,22+,24+,25-/m1/s1. The molecule has 4 rings (SSSR count). The Bertz CT molecular complexity index is 712. The molecule has 2 N–H and O–H groups in total. The monoisotopic (exact) mass is 402 g/mol. The molecular weight excluding hydrogens is 364 g/mol. The summed E-state index contributed by atoms with van der Waals surface area (Å²) in [6, 6.07) is 0. The lowest BCUT2D eigenvalue weighted by Gasteiger charge is -2.62. The Labute approximate surface area is 175 Å². The molecule has 3 saturated carbocycles. The van der Waals surface area contributed by atoms with E-state index in [-0.39, 0.29) is 34.9 Å². The molecule has 4 nitrogen and oxygen atoms in total. The third-order valence-corrected chi connectivity index (χ3v) is 9.60. The second-order valence-corrected chi connectivity index (χ2v) is 10.7. The first-order chi connectivity index (χ1) is 13.7. The minimum atomic E-state index is -0.348. The third-order valence-electron chi connectivity index (χ3n) is 9.60. The zero-order valence-corrected chi connectivity index (χ0v) is 18.4. The molecule has 0 spiro atoms. The number of aliphatic hydroxyl groups excluding tert-OH is 2. The molecule has 0 aromatic rings. The van der Waals surface area contributed by atoms with E-state index in [0.29, 0.717) is 23.7 Å². The van der Waals surface area contributed by atoms with Gasteiger partial charge in [-0.05, 0) is 80.0 Å². The summed E-state index contributed by atoms with van der Waals surface area (Å²) in [6.45, 7) is 6.83. The number of esters is 1. The van der Waals surface area contributed by atoms with Gasteiger partial charge in [-0.1, -0.05) is 38.5 Å². The Balaban J connectivity index is 1.58. The number of hydrogen-bond acceptors (Lipinski definition) is 4. The van der Waals surface area contributed by atoms with Gasteiger partial charge in [0.05, 0.1) is 19.3 Å². The van der Waals surface area contributed by atoms with Crippen molar-refractivity contribution < 1.29 is 19.7 Å². The molecule has 0 saturated heterocycles. The van der Waals surface area contributed by atoms with Crippen LogP contribution < -0.4 is 0 Å². The maximum atomic E-state index is 11.5. The zero-order chi connectivity index (χ0) is 21.0. The van der Waals surface area contributed by atoms with Crippen molar-refractivity contribution in [3.63, 3.8) is 0 Å². The van der Waals surface area contributed by atoms with E-state index in [2.05, 4.69) is 26.8 Å². The van der Waals surface area contributed by atoms with Crippen LogP contribution in [0.15, 0.2) is 23.8 Å². The van der Waals surface area contributed by atoms with E-state index in [1.54, 1.807) is 0 Å². The summed E-state index contributed by atoms with van der Waals surface area (Å²) < 4.78 is 4.74. The van der Waals surface area contributed by atoms with Crippen LogP contribution in [0.5, 0.6) is 0 Å². The van der Waals surface area contributed by atoms with Crippen LogP contribution in [0.4, 0.5) is 0 Å². The van der Waals surface area contributed by atoms with E-state index in [1.807, 2.05) is 6.08 Å². The lowest BCUT2D eigenvalue weighted by molar-refractivity contribution is -0.156. The number of methoxy groups -OCH3 is 1. The molecule has 0 bridgehead atoms. The molecule has 0 amide bonds. The molecule has 3 fully saturated rings. The molecule has 0 aromatic carbocycles. The lowest BCUT2D eigenvalue weighted by atomic mass is 9.44. The van der Waals surface area contributed by atoms with E-state index < -0.39 is 0 Å². The van der Waals surface area contributed by atoms with E-state index in [4.69, 9.17) is 4.74 Å². The fourth-order valence-electron chi connectivity index (χ4n) is 7.89. The first-order valence-electron chi connectivity index (χ1n) is 11.5. The van der Waals surface area contributed by atoms with Crippen molar-refractivity contribution in [1.29, 1.82) is 0 Å². The van der Waals surface area contributed by atoms with Crippen molar-refractivity contribution in [1.82, 2.24) is 0 Å². The number of carbonyl (C=O) groups excluding carboxylic acids is 1. The van der Waals surface area contributed by atoms with Crippen molar-refractivity contribution in [2.75, 3.05) is 7.11 Å². The smallest absolute Gasteiger partial charge is 0.330 e. The van der Waals surface area contributed by atoms with Crippen LogP contribution in [0.3, 0.4) is 0 Å². The van der Waals surface area contributed by atoms with E-state index in [0.717, 1.165) is 32.1 Å². The zero-order valence-electron chi connectivity index (χ0n) is 18.4. The van der Waals surface area contributed by atoms with E-state index >= 15 is 0 Å². The Kier molecular flexibility index (Phi) is 5.48. The summed E-state index contributed by atoms with van der Waals surface area (Å²) in [5.74, 6) is 2.06. The number of carbonyl (C=O) groups is 1. The van der Waals surface area contributed by atoms with Crippen molar-refractivity contribution in [3.8, 4) is 0 Å². The van der Waals surface area contributed by atoms with Crippen LogP contribution in [-0.4, -0.2) is 35.5 Å². The molecule has 162 valence electrons. The fraction of sp³-hybridized carbons (Fsp3) is 0.800. The van der Waals surface area contributed by atoms with Gasteiger partial charge >= 0.3 is 5.97 Å². The molecule has 0 aliphatic heterocycles. The minimum absolute atomic E-state index is 0.118. The van der Waals surface area contributed by atoms with Crippen LogP contribution in [0, 0.1) is 40.4 Å². The normalized spacial score (nSPS) is 47.7. The summed E-state index contributed by atoms with van der Waals surface area (Å²) >= 11 is 0. The molecule has 4 heteroatoms. The van der Waals surface area contributed by atoms with Gasteiger partial charge in [-0.2, -0.15) is 0 Å². The van der Waals surface area contributed by atoms with Gasteiger partial charge in [-0.25, -0.2) is 4.79 Å². The van der Waals surface area contributed by atoms with Crippen LogP contribution in [0.25, 0.3) is 0 Å². The molecule has 3 unspecified atom stereocenters. The van der Waals surface area contributed by atoms with Gasteiger partial charge < -0.3 is 14.9 Å². The molecule has 0 aromatic heterocycles. The second kappa shape index (κ2) is 7.53. The van der Waals surface area contributed by atoms with E-state index in [1.165, 1.54) is 31.6 Å². The predicted octanol–water partition coefficient (Wildman–Crippen LogP) is 4.26. The van der Waals surface area contributed by atoms with Crippen LogP contribution in [-0.2, 0) is 9.53 Å². The van der Waals surface area contributed by atoms with Crippen molar-refractivity contribution in [2.24, 2.45) is 40.4 Å². The average Bonchev–Trinajstić information content (AvgIpc) is 3.06. The maximum absolute atomic E-state index is 11.5. The highest BCUT2D eigenvalue weighted by Gasteiger charge is 2.61. The highest BCUT2D eigenvalue weighted by Crippen LogP contribution is 2.66. The van der Waals surface area contributed by atoms with Crippen molar-refractivity contribution in [2.45, 2.75) is 77.9 Å². The largest absolute Gasteiger partial charge is 0.466 e. The number of fused-ring (bicyclic) bond motifs is 5. The van der Waals surface area contributed by atoms with Gasteiger partial charge in [0, 0.05) is 11.5 Å². The predicted molar refractivity (Wildman–Crippen MR) is 113 cm³/mol. The highest BCUT2D eigenvalue weighted by atomic mass is 16.5. The number of aliphatic hydroxyl groups is 2. The minimum Gasteiger partial charge on any atom is -0.466 e. The van der Waals surface area contributed by atoms with Gasteiger partial charge in [0.1, 0.15) is 0 Å². The summed E-state index contributed by atoms with van der Waals surface area (Å²) in [4.78, 5) is 11.5. The van der Waals surface area contributed by atoms with E-state index in [9.17, 15) is 15.0 Å². The molecule has 4 aliphatic rings. The van der Waals surface area contributed by atoms with Crippen molar-refractivity contribution >= 4 is 5.97 Å². The third kappa shape index (κ3) is 3.22. The van der Waals surface area contributed by atoms with Crippen LogP contribution in [0.2, 0.25) is 0 Å². The van der Waals surface area contributed by atoms with Gasteiger partial charge in [0.15, 0.2) is 0 Å². The van der Waals surface area contributed by atoms with Gasteiger partial charge in [-0.3, -0.25) is 0 Å². The van der Waals surface area contributed by atoms with Crippen LogP contribution in [0.1, 0.15) is 65.7 Å². The second-order valence-electron chi connectivity index (χ2n) is 10.7. The SMILES string of the molecule is COC(=O)/C=C\[C@@H](C)C1=CCC2C3CC[C@@H]4C[C@H](O)CC[C@]4(C)C3C[C@H](O)[C@]12C. The Morgan fingerprint density at radius 2 is 1.97 bits per heavy atom.